The molecule has 0 unspecified atom stereocenters. The molecule has 0 saturated carbocycles. The van der Waals surface area contributed by atoms with Crippen molar-refractivity contribution < 1.29 is 4.42 Å². The fourth-order valence-corrected chi connectivity index (χ4v) is 1.27. The normalized spacial score (nSPS) is 10.4. The highest BCUT2D eigenvalue weighted by Gasteiger charge is 1.94. The van der Waals surface area contributed by atoms with Gasteiger partial charge in [-0.2, -0.15) is 5.10 Å². The quantitative estimate of drug-likeness (QED) is 0.502. The van der Waals surface area contributed by atoms with Crippen LogP contribution in [0.4, 0.5) is 0 Å². The number of thiocarbonyl (C=S) groups is 1. The summed E-state index contributed by atoms with van der Waals surface area (Å²) >= 11 is 8.09. The molecule has 0 aliphatic heterocycles. The van der Waals surface area contributed by atoms with Crippen LogP contribution in [-0.2, 0) is 0 Å². The van der Waals surface area contributed by atoms with Crippen molar-refractivity contribution in [2.45, 2.75) is 6.92 Å². The minimum atomic E-state index is 0.495. The summed E-state index contributed by atoms with van der Waals surface area (Å²) in [4.78, 5) is 0. The van der Waals surface area contributed by atoms with Gasteiger partial charge in [-0.15, -0.1) is 0 Å². The molecule has 1 rings (SSSR count). The standard InChI is InChI=1S/C8H10BrN3OS/c1-2-10-8(14)12-11-5-6-3-4-7(9)13-6/h3-5H,2H2,1H3,(H2,10,12,14). The number of rotatable bonds is 3. The number of nitrogens with zero attached hydrogens (tertiary/aromatic N) is 1. The van der Waals surface area contributed by atoms with E-state index in [-0.39, 0.29) is 0 Å². The highest BCUT2D eigenvalue weighted by Crippen LogP contribution is 2.11. The van der Waals surface area contributed by atoms with Crippen molar-refractivity contribution in [1.29, 1.82) is 0 Å². The van der Waals surface area contributed by atoms with E-state index >= 15 is 0 Å². The van der Waals surface area contributed by atoms with Gasteiger partial charge in [0.15, 0.2) is 9.78 Å². The van der Waals surface area contributed by atoms with Crippen LogP contribution in [0.5, 0.6) is 0 Å². The molecule has 0 aliphatic carbocycles. The van der Waals surface area contributed by atoms with Gasteiger partial charge in [0.2, 0.25) is 0 Å². The molecule has 0 fully saturated rings. The molecule has 1 heterocycles. The molecule has 4 nitrogen and oxygen atoms in total. The Morgan fingerprint density at radius 1 is 1.71 bits per heavy atom. The van der Waals surface area contributed by atoms with E-state index in [9.17, 15) is 0 Å². The van der Waals surface area contributed by atoms with Crippen molar-refractivity contribution in [2.24, 2.45) is 5.10 Å². The van der Waals surface area contributed by atoms with Crippen LogP contribution in [0.2, 0.25) is 0 Å². The van der Waals surface area contributed by atoms with Gasteiger partial charge in [0.25, 0.3) is 0 Å². The molecule has 0 radical (unpaired) electrons. The zero-order chi connectivity index (χ0) is 10.4. The van der Waals surface area contributed by atoms with Crippen molar-refractivity contribution in [3.05, 3.63) is 22.6 Å². The van der Waals surface area contributed by atoms with Gasteiger partial charge < -0.3 is 9.73 Å². The average Bonchev–Trinajstić information content (AvgIpc) is 2.52. The molecule has 0 amide bonds. The van der Waals surface area contributed by atoms with Crippen LogP contribution in [0.15, 0.2) is 26.3 Å². The first-order valence-electron chi connectivity index (χ1n) is 4.04. The maximum absolute atomic E-state index is 5.19. The lowest BCUT2D eigenvalue weighted by molar-refractivity contribution is 0.534. The Balaban J connectivity index is 2.37. The molecular weight excluding hydrogens is 266 g/mol. The Kier molecular flexibility index (Phi) is 4.61. The van der Waals surface area contributed by atoms with Crippen LogP contribution >= 0.6 is 28.1 Å². The van der Waals surface area contributed by atoms with Gasteiger partial charge in [-0.3, -0.25) is 5.43 Å². The fraction of sp³-hybridized carbons (Fsp3) is 0.250. The number of nitrogens with one attached hydrogen (secondary N) is 2. The van der Waals surface area contributed by atoms with E-state index in [1.54, 1.807) is 18.3 Å². The number of halogens is 1. The smallest absolute Gasteiger partial charge is 0.186 e. The Bertz CT molecular complexity index is 337. The first-order valence-corrected chi connectivity index (χ1v) is 5.24. The second kappa shape index (κ2) is 5.77. The molecule has 0 bridgehead atoms. The lowest BCUT2D eigenvalue weighted by Crippen LogP contribution is -2.31. The lowest BCUT2D eigenvalue weighted by atomic mass is 10.5. The van der Waals surface area contributed by atoms with Gasteiger partial charge in [0, 0.05) is 6.54 Å². The van der Waals surface area contributed by atoms with E-state index in [2.05, 4.69) is 31.8 Å². The van der Waals surface area contributed by atoms with Gasteiger partial charge >= 0.3 is 0 Å². The first-order chi connectivity index (χ1) is 6.72. The molecule has 6 heteroatoms. The Labute approximate surface area is 95.9 Å². The minimum absolute atomic E-state index is 0.495. The van der Waals surface area contributed by atoms with E-state index in [0.29, 0.717) is 15.5 Å². The van der Waals surface area contributed by atoms with Crippen LogP contribution in [0.1, 0.15) is 12.7 Å². The van der Waals surface area contributed by atoms with Gasteiger partial charge in [-0.05, 0) is 47.2 Å². The summed E-state index contributed by atoms with van der Waals surface area (Å²) in [5.74, 6) is 0.656. The molecule has 14 heavy (non-hydrogen) atoms. The monoisotopic (exact) mass is 275 g/mol. The number of hydrogen-bond donors (Lipinski definition) is 2. The summed E-state index contributed by atoms with van der Waals surface area (Å²) in [6.07, 6.45) is 1.55. The third kappa shape index (κ3) is 3.89. The summed E-state index contributed by atoms with van der Waals surface area (Å²) in [6.45, 7) is 2.73. The number of hydrogen-bond acceptors (Lipinski definition) is 3. The van der Waals surface area contributed by atoms with Crippen LogP contribution in [0.3, 0.4) is 0 Å². The van der Waals surface area contributed by atoms with Crippen LogP contribution in [-0.4, -0.2) is 17.9 Å². The molecule has 0 aliphatic rings. The van der Waals surface area contributed by atoms with Crippen molar-refractivity contribution in [3.8, 4) is 0 Å². The van der Waals surface area contributed by atoms with E-state index < -0.39 is 0 Å². The SMILES string of the molecule is CCNC(=S)NN=Cc1ccc(Br)o1. The predicted molar refractivity (Wildman–Crippen MR) is 63.4 cm³/mol. The topological polar surface area (TPSA) is 49.6 Å². The summed E-state index contributed by atoms with van der Waals surface area (Å²) < 4.78 is 5.86. The summed E-state index contributed by atoms with van der Waals surface area (Å²) in [5, 5.41) is 7.28. The Hall–Kier alpha value is -0.880. The molecular formula is C8H10BrN3OS. The van der Waals surface area contributed by atoms with Crippen LogP contribution < -0.4 is 10.7 Å². The molecule has 0 saturated heterocycles. The van der Waals surface area contributed by atoms with E-state index in [1.807, 2.05) is 6.92 Å². The van der Waals surface area contributed by atoms with Crippen LogP contribution in [0.25, 0.3) is 0 Å². The summed E-state index contributed by atoms with van der Waals surface area (Å²) in [5.41, 5.74) is 2.66. The van der Waals surface area contributed by atoms with Crippen molar-refractivity contribution in [2.75, 3.05) is 6.54 Å². The van der Waals surface area contributed by atoms with Crippen molar-refractivity contribution in [3.63, 3.8) is 0 Å². The maximum Gasteiger partial charge on any atom is 0.186 e. The minimum Gasteiger partial charge on any atom is -0.448 e. The van der Waals surface area contributed by atoms with E-state index in [1.165, 1.54) is 0 Å². The molecule has 1 aromatic rings. The van der Waals surface area contributed by atoms with Crippen molar-refractivity contribution in [1.82, 2.24) is 10.7 Å². The van der Waals surface area contributed by atoms with Gasteiger partial charge in [-0.1, -0.05) is 0 Å². The predicted octanol–water partition coefficient (Wildman–Crippen LogP) is 1.86. The largest absolute Gasteiger partial charge is 0.448 e. The van der Waals surface area contributed by atoms with Gasteiger partial charge in [-0.25, -0.2) is 0 Å². The number of furan rings is 1. The second-order valence-corrected chi connectivity index (χ2v) is 3.56. The third-order valence-corrected chi connectivity index (χ3v) is 1.95. The summed E-state index contributed by atoms with van der Waals surface area (Å²) in [7, 11) is 0. The molecule has 1 aromatic heterocycles. The zero-order valence-electron chi connectivity index (χ0n) is 7.58. The fourth-order valence-electron chi connectivity index (χ4n) is 0.752. The van der Waals surface area contributed by atoms with Gasteiger partial charge in [0.1, 0.15) is 5.76 Å². The highest BCUT2D eigenvalue weighted by molar-refractivity contribution is 9.10. The molecule has 2 N–H and O–H groups in total. The third-order valence-electron chi connectivity index (χ3n) is 1.29. The van der Waals surface area contributed by atoms with E-state index in [4.69, 9.17) is 16.6 Å². The maximum atomic E-state index is 5.19. The highest BCUT2D eigenvalue weighted by atomic mass is 79.9. The lowest BCUT2D eigenvalue weighted by Gasteiger charge is -2.01. The molecule has 76 valence electrons. The second-order valence-electron chi connectivity index (χ2n) is 2.37. The van der Waals surface area contributed by atoms with E-state index in [0.717, 1.165) is 6.54 Å². The molecule has 0 spiro atoms. The zero-order valence-corrected chi connectivity index (χ0v) is 9.98. The average molecular weight is 276 g/mol. The summed E-state index contributed by atoms with van der Waals surface area (Å²) in [6, 6.07) is 3.59. The van der Waals surface area contributed by atoms with Crippen LogP contribution in [0, 0.1) is 0 Å². The Morgan fingerprint density at radius 3 is 3.07 bits per heavy atom. The molecule has 0 atom stereocenters. The molecule has 0 aromatic carbocycles. The Morgan fingerprint density at radius 2 is 2.50 bits per heavy atom. The first kappa shape index (κ1) is 11.2. The van der Waals surface area contributed by atoms with Crippen molar-refractivity contribution >= 4 is 39.5 Å². The van der Waals surface area contributed by atoms with Gasteiger partial charge in [0.05, 0.1) is 6.21 Å². The number of hydrazone groups is 1.